The zero-order chi connectivity index (χ0) is 18.9. The lowest BCUT2D eigenvalue weighted by molar-refractivity contribution is -0.137. The molecule has 0 aliphatic heterocycles. The van der Waals surface area contributed by atoms with Gasteiger partial charge < -0.3 is 4.74 Å². The van der Waals surface area contributed by atoms with E-state index in [-0.39, 0.29) is 17.7 Å². The van der Waals surface area contributed by atoms with Crippen LogP contribution in [-0.4, -0.2) is 18.4 Å². The summed E-state index contributed by atoms with van der Waals surface area (Å²) in [7, 11) is 0. The third-order valence-corrected chi connectivity index (χ3v) is 4.17. The van der Waals surface area contributed by atoms with E-state index >= 15 is 0 Å². The predicted molar refractivity (Wildman–Crippen MR) is 105 cm³/mol. The summed E-state index contributed by atoms with van der Waals surface area (Å²) in [4.78, 5) is 24.9. The Morgan fingerprint density at radius 1 is 1.04 bits per heavy atom. The molecular weight excluding hydrogens is 324 g/mol. The van der Waals surface area contributed by atoms with E-state index in [0.29, 0.717) is 17.7 Å². The molecule has 0 aliphatic carbocycles. The van der Waals surface area contributed by atoms with Crippen molar-refractivity contribution >= 4 is 17.8 Å². The molecule has 0 unspecified atom stereocenters. The SMILES string of the molecule is CCCCOC(=O)/C=C/c1c(C(=O)c2ccccc2)cccc1C(C)C. The van der Waals surface area contributed by atoms with Crippen molar-refractivity contribution in [2.45, 2.75) is 39.5 Å². The number of hydrogen-bond donors (Lipinski definition) is 0. The first-order valence-electron chi connectivity index (χ1n) is 9.12. The van der Waals surface area contributed by atoms with Crippen LogP contribution in [0.1, 0.15) is 66.6 Å². The van der Waals surface area contributed by atoms with Crippen LogP contribution < -0.4 is 0 Å². The van der Waals surface area contributed by atoms with Gasteiger partial charge in [-0.25, -0.2) is 4.79 Å². The van der Waals surface area contributed by atoms with Crippen LogP contribution in [0.15, 0.2) is 54.6 Å². The number of ether oxygens (including phenoxy) is 1. The molecular formula is C23H26O3. The highest BCUT2D eigenvalue weighted by molar-refractivity contribution is 6.11. The largest absolute Gasteiger partial charge is 0.463 e. The first-order chi connectivity index (χ1) is 12.5. The van der Waals surface area contributed by atoms with Gasteiger partial charge >= 0.3 is 5.97 Å². The van der Waals surface area contributed by atoms with Crippen molar-refractivity contribution in [3.63, 3.8) is 0 Å². The van der Waals surface area contributed by atoms with E-state index in [0.717, 1.165) is 24.0 Å². The van der Waals surface area contributed by atoms with Gasteiger partial charge in [0.15, 0.2) is 5.78 Å². The van der Waals surface area contributed by atoms with E-state index in [2.05, 4.69) is 13.8 Å². The Hall–Kier alpha value is -2.68. The molecule has 0 spiro atoms. The second-order valence-corrected chi connectivity index (χ2v) is 6.51. The van der Waals surface area contributed by atoms with E-state index in [1.54, 1.807) is 18.2 Å². The van der Waals surface area contributed by atoms with Crippen molar-refractivity contribution in [1.82, 2.24) is 0 Å². The van der Waals surface area contributed by atoms with Crippen molar-refractivity contribution in [1.29, 1.82) is 0 Å². The molecule has 3 heteroatoms. The van der Waals surface area contributed by atoms with Gasteiger partial charge in [0.05, 0.1) is 6.61 Å². The monoisotopic (exact) mass is 350 g/mol. The van der Waals surface area contributed by atoms with E-state index in [9.17, 15) is 9.59 Å². The first-order valence-corrected chi connectivity index (χ1v) is 9.12. The van der Waals surface area contributed by atoms with E-state index < -0.39 is 0 Å². The van der Waals surface area contributed by atoms with Gasteiger partial charge in [0, 0.05) is 17.2 Å². The van der Waals surface area contributed by atoms with Gasteiger partial charge in [-0.15, -0.1) is 0 Å². The predicted octanol–water partition coefficient (Wildman–Crippen LogP) is 5.40. The van der Waals surface area contributed by atoms with Crippen LogP contribution in [0, 0.1) is 0 Å². The van der Waals surface area contributed by atoms with Gasteiger partial charge in [-0.05, 0) is 29.5 Å². The molecule has 2 aromatic carbocycles. The number of ketones is 1. The summed E-state index contributed by atoms with van der Waals surface area (Å²) in [6.45, 7) is 6.61. The molecule has 0 atom stereocenters. The fraction of sp³-hybridized carbons (Fsp3) is 0.304. The molecule has 0 radical (unpaired) electrons. The highest BCUT2D eigenvalue weighted by Gasteiger charge is 2.16. The molecule has 0 amide bonds. The van der Waals surface area contributed by atoms with Crippen LogP contribution in [0.3, 0.4) is 0 Å². The number of carbonyl (C=O) groups excluding carboxylic acids is 2. The zero-order valence-electron chi connectivity index (χ0n) is 15.7. The van der Waals surface area contributed by atoms with Crippen molar-refractivity contribution in [3.8, 4) is 0 Å². The Morgan fingerprint density at radius 2 is 1.77 bits per heavy atom. The fourth-order valence-electron chi connectivity index (χ4n) is 2.73. The van der Waals surface area contributed by atoms with Gasteiger partial charge in [-0.3, -0.25) is 4.79 Å². The van der Waals surface area contributed by atoms with Gasteiger partial charge in [0.1, 0.15) is 0 Å². The second-order valence-electron chi connectivity index (χ2n) is 6.51. The van der Waals surface area contributed by atoms with Crippen LogP contribution in [0.25, 0.3) is 6.08 Å². The van der Waals surface area contributed by atoms with Gasteiger partial charge in [-0.1, -0.05) is 75.7 Å². The van der Waals surface area contributed by atoms with Crippen molar-refractivity contribution < 1.29 is 14.3 Å². The molecule has 136 valence electrons. The molecule has 0 saturated carbocycles. The third-order valence-electron chi connectivity index (χ3n) is 4.17. The molecule has 0 heterocycles. The molecule has 0 fully saturated rings. The Morgan fingerprint density at radius 3 is 2.42 bits per heavy atom. The van der Waals surface area contributed by atoms with Crippen molar-refractivity contribution in [2.24, 2.45) is 0 Å². The molecule has 0 saturated heterocycles. The quantitative estimate of drug-likeness (QED) is 0.277. The van der Waals surface area contributed by atoms with E-state index in [4.69, 9.17) is 4.74 Å². The van der Waals surface area contributed by atoms with Crippen LogP contribution in [0.5, 0.6) is 0 Å². The van der Waals surface area contributed by atoms with Gasteiger partial charge in [0.2, 0.25) is 0 Å². The maximum Gasteiger partial charge on any atom is 0.330 e. The number of esters is 1. The topological polar surface area (TPSA) is 43.4 Å². The minimum absolute atomic E-state index is 0.0490. The second kappa shape index (κ2) is 9.71. The van der Waals surface area contributed by atoms with Crippen molar-refractivity contribution in [2.75, 3.05) is 6.61 Å². The van der Waals surface area contributed by atoms with Crippen LogP contribution in [0.4, 0.5) is 0 Å². The molecule has 0 bridgehead atoms. The van der Waals surface area contributed by atoms with Crippen LogP contribution >= 0.6 is 0 Å². The first kappa shape index (κ1) is 19.6. The van der Waals surface area contributed by atoms with Gasteiger partial charge in [-0.2, -0.15) is 0 Å². The summed E-state index contributed by atoms with van der Waals surface area (Å²) >= 11 is 0. The lowest BCUT2D eigenvalue weighted by Gasteiger charge is -2.14. The standard InChI is InChI=1S/C23H26O3/c1-4-5-16-26-22(24)15-14-20-19(17(2)3)12-9-13-21(20)23(25)18-10-7-6-8-11-18/h6-15,17H,4-5,16H2,1-3H3/b15-14+. The highest BCUT2D eigenvalue weighted by Crippen LogP contribution is 2.26. The van der Waals surface area contributed by atoms with Crippen molar-refractivity contribution in [3.05, 3.63) is 76.9 Å². The summed E-state index contributed by atoms with van der Waals surface area (Å²) in [5.41, 5.74) is 3.04. The average Bonchev–Trinajstić information content (AvgIpc) is 2.66. The number of hydrogen-bond acceptors (Lipinski definition) is 3. The maximum absolute atomic E-state index is 12.9. The summed E-state index contributed by atoms with van der Waals surface area (Å²) in [5, 5.41) is 0. The third kappa shape index (κ3) is 5.16. The fourth-order valence-corrected chi connectivity index (χ4v) is 2.73. The number of benzene rings is 2. The Bertz CT molecular complexity index is 773. The molecule has 2 aromatic rings. The number of carbonyl (C=O) groups is 2. The lowest BCUT2D eigenvalue weighted by atomic mass is 9.89. The number of rotatable bonds is 8. The van der Waals surface area contributed by atoms with Crippen LogP contribution in [0.2, 0.25) is 0 Å². The lowest BCUT2D eigenvalue weighted by Crippen LogP contribution is -2.07. The Balaban J connectivity index is 2.36. The van der Waals surface area contributed by atoms with E-state index in [1.165, 1.54) is 6.08 Å². The molecule has 2 rings (SSSR count). The molecule has 3 nitrogen and oxygen atoms in total. The van der Waals surface area contributed by atoms with Gasteiger partial charge in [0.25, 0.3) is 0 Å². The summed E-state index contributed by atoms with van der Waals surface area (Å²) in [6, 6.07) is 14.9. The summed E-state index contributed by atoms with van der Waals surface area (Å²) < 4.78 is 5.18. The minimum atomic E-state index is -0.380. The molecule has 0 aliphatic rings. The Labute approximate surface area is 155 Å². The average molecular weight is 350 g/mol. The minimum Gasteiger partial charge on any atom is -0.463 e. The summed E-state index contributed by atoms with van der Waals surface area (Å²) in [5.74, 6) is -0.198. The maximum atomic E-state index is 12.9. The highest BCUT2D eigenvalue weighted by atomic mass is 16.5. The normalized spacial score (nSPS) is 11.1. The summed E-state index contributed by atoms with van der Waals surface area (Å²) in [6.07, 6.45) is 4.95. The van der Waals surface area contributed by atoms with Crippen LogP contribution in [-0.2, 0) is 9.53 Å². The molecule has 0 N–H and O–H groups in total. The zero-order valence-corrected chi connectivity index (χ0v) is 15.7. The molecule has 26 heavy (non-hydrogen) atoms. The Kier molecular flexibility index (Phi) is 7.34. The van der Waals surface area contributed by atoms with E-state index in [1.807, 2.05) is 43.3 Å². The molecule has 0 aromatic heterocycles. The smallest absolute Gasteiger partial charge is 0.330 e. The number of unbranched alkanes of at least 4 members (excludes halogenated alkanes) is 1.